The summed E-state index contributed by atoms with van der Waals surface area (Å²) in [6.07, 6.45) is 0.360. The van der Waals surface area contributed by atoms with E-state index in [0.29, 0.717) is 26.0 Å². The van der Waals surface area contributed by atoms with Crippen LogP contribution in [0.4, 0.5) is 4.79 Å². The molecule has 6 heteroatoms. The normalized spacial score (nSPS) is 25.4. The molecular formula is C11H22N2O4. The number of amides is 1. The Morgan fingerprint density at radius 2 is 2.24 bits per heavy atom. The van der Waals surface area contributed by atoms with Crippen molar-refractivity contribution in [2.45, 2.75) is 51.4 Å². The van der Waals surface area contributed by atoms with Crippen molar-refractivity contribution < 1.29 is 19.4 Å². The first-order valence-corrected chi connectivity index (χ1v) is 5.88. The maximum absolute atomic E-state index is 11.3. The molecule has 17 heavy (non-hydrogen) atoms. The van der Waals surface area contributed by atoms with Crippen molar-refractivity contribution in [1.29, 1.82) is 0 Å². The molecule has 1 heterocycles. The number of aliphatic hydroxyl groups is 1. The van der Waals surface area contributed by atoms with E-state index in [1.807, 2.05) is 0 Å². The maximum atomic E-state index is 11.3. The van der Waals surface area contributed by atoms with Gasteiger partial charge in [0, 0.05) is 19.6 Å². The highest BCUT2D eigenvalue weighted by molar-refractivity contribution is 5.66. The maximum Gasteiger partial charge on any atom is 0.422 e. The third-order valence-electron chi connectivity index (χ3n) is 2.26. The zero-order valence-electron chi connectivity index (χ0n) is 10.7. The second-order valence-electron chi connectivity index (χ2n) is 5.18. The lowest BCUT2D eigenvalue weighted by molar-refractivity contribution is -0.0431. The molecule has 1 amide bonds. The Morgan fingerprint density at radius 3 is 2.82 bits per heavy atom. The molecule has 0 radical (unpaired) electrons. The van der Waals surface area contributed by atoms with Gasteiger partial charge in [0.25, 0.3) is 0 Å². The molecule has 0 spiro atoms. The lowest BCUT2D eigenvalue weighted by Crippen LogP contribution is -2.46. The van der Waals surface area contributed by atoms with Crippen molar-refractivity contribution in [2.75, 3.05) is 13.2 Å². The van der Waals surface area contributed by atoms with Crippen LogP contribution in [0.25, 0.3) is 0 Å². The standard InChI is InChI=1S/C11H22N2O4/c1-11(2,3)17-10(15)13-12-7-9-6-8(14)4-5-16-9/h8-9,12,14H,4-7H2,1-3H3,(H,13,15)/t8-,9+/m1/s1. The van der Waals surface area contributed by atoms with Crippen LogP contribution in [-0.4, -0.2) is 42.2 Å². The Hall–Kier alpha value is -0.850. The average molecular weight is 246 g/mol. The van der Waals surface area contributed by atoms with Gasteiger partial charge >= 0.3 is 6.09 Å². The summed E-state index contributed by atoms with van der Waals surface area (Å²) >= 11 is 0. The lowest BCUT2D eigenvalue weighted by Gasteiger charge is -2.27. The summed E-state index contributed by atoms with van der Waals surface area (Å²) in [5.41, 5.74) is 4.66. The van der Waals surface area contributed by atoms with Gasteiger partial charge in [0.1, 0.15) is 5.60 Å². The van der Waals surface area contributed by atoms with Crippen molar-refractivity contribution in [3.05, 3.63) is 0 Å². The summed E-state index contributed by atoms with van der Waals surface area (Å²) in [4.78, 5) is 11.3. The fraction of sp³-hybridized carbons (Fsp3) is 0.909. The van der Waals surface area contributed by atoms with Crippen LogP contribution in [0.15, 0.2) is 0 Å². The molecule has 1 aliphatic heterocycles. The van der Waals surface area contributed by atoms with Gasteiger partial charge in [0.2, 0.25) is 0 Å². The highest BCUT2D eigenvalue weighted by atomic mass is 16.6. The average Bonchev–Trinajstić information content (AvgIpc) is 2.14. The Kier molecular flexibility index (Phi) is 5.17. The fourth-order valence-electron chi connectivity index (χ4n) is 1.54. The molecule has 0 saturated carbocycles. The fourth-order valence-corrected chi connectivity index (χ4v) is 1.54. The molecule has 0 bridgehead atoms. The van der Waals surface area contributed by atoms with Gasteiger partial charge in [-0.05, 0) is 27.2 Å². The van der Waals surface area contributed by atoms with Gasteiger partial charge in [-0.1, -0.05) is 0 Å². The number of hydrogen-bond donors (Lipinski definition) is 3. The number of hydrogen-bond acceptors (Lipinski definition) is 5. The molecule has 2 atom stereocenters. The van der Waals surface area contributed by atoms with Crippen LogP contribution in [-0.2, 0) is 9.47 Å². The number of aliphatic hydroxyl groups excluding tert-OH is 1. The van der Waals surface area contributed by atoms with Gasteiger partial charge in [-0.25, -0.2) is 10.2 Å². The predicted octanol–water partition coefficient (Wildman–Crippen LogP) is 0.556. The quantitative estimate of drug-likeness (QED) is 0.634. The van der Waals surface area contributed by atoms with Crippen LogP contribution < -0.4 is 10.9 Å². The zero-order chi connectivity index (χ0) is 12.9. The molecule has 1 aliphatic rings. The first kappa shape index (κ1) is 14.2. The van der Waals surface area contributed by atoms with E-state index in [-0.39, 0.29) is 12.2 Å². The Labute approximate surface area is 102 Å². The number of hydrazine groups is 1. The molecule has 0 aliphatic carbocycles. The highest BCUT2D eigenvalue weighted by Gasteiger charge is 2.21. The van der Waals surface area contributed by atoms with Gasteiger partial charge in [-0.3, -0.25) is 5.43 Å². The van der Waals surface area contributed by atoms with Crippen LogP contribution in [0.1, 0.15) is 33.6 Å². The van der Waals surface area contributed by atoms with Crippen molar-refractivity contribution in [2.24, 2.45) is 0 Å². The van der Waals surface area contributed by atoms with Gasteiger partial charge < -0.3 is 14.6 Å². The van der Waals surface area contributed by atoms with Gasteiger partial charge in [0.15, 0.2) is 0 Å². The van der Waals surface area contributed by atoms with Crippen LogP contribution >= 0.6 is 0 Å². The van der Waals surface area contributed by atoms with E-state index in [1.54, 1.807) is 20.8 Å². The predicted molar refractivity (Wildman–Crippen MR) is 62.4 cm³/mol. The summed E-state index contributed by atoms with van der Waals surface area (Å²) in [6, 6.07) is 0. The molecule has 100 valence electrons. The van der Waals surface area contributed by atoms with Gasteiger partial charge in [-0.15, -0.1) is 0 Å². The van der Waals surface area contributed by atoms with E-state index in [2.05, 4.69) is 10.9 Å². The molecule has 3 N–H and O–H groups in total. The van der Waals surface area contributed by atoms with Crippen LogP contribution in [0.3, 0.4) is 0 Å². The van der Waals surface area contributed by atoms with Crippen molar-refractivity contribution in [3.63, 3.8) is 0 Å². The minimum atomic E-state index is -0.520. The van der Waals surface area contributed by atoms with Gasteiger partial charge in [-0.2, -0.15) is 0 Å². The summed E-state index contributed by atoms with van der Waals surface area (Å²) in [5.74, 6) is 0. The van der Waals surface area contributed by atoms with Gasteiger partial charge in [0.05, 0.1) is 12.2 Å². The number of ether oxygens (including phenoxy) is 2. The first-order valence-electron chi connectivity index (χ1n) is 5.88. The summed E-state index contributed by atoms with van der Waals surface area (Å²) in [5, 5.41) is 9.42. The summed E-state index contributed by atoms with van der Waals surface area (Å²) in [7, 11) is 0. The van der Waals surface area contributed by atoms with E-state index in [9.17, 15) is 9.90 Å². The molecule has 1 fully saturated rings. The van der Waals surface area contributed by atoms with E-state index in [0.717, 1.165) is 0 Å². The first-order chi connectivity index (χ1) is 7.87. The molecule has 0 aromatic heterocycles. The number of carbonyl (C=O) groups is 1. The Bertz CT molecular complexity index is 252. The zero-order valence-corrected chi connectivity index (χ0v) is 10.7. The molecule has 0 aromatic rings. The van der Waals surface area contributed by atoms with E-state index in [1.165, 1.54) is 0 Å². The van der Waals surface area contributed by atoms with Crippen molar-refractivity contribution >= 4 is 6.09 Å². The third kappa shape index (κ3) is 6.45. The molecule has 0 aromatic carbocycles. The van der Waals surface area contributed by atoms with Crippen LogP contribution in [0.2, 0.25) is 0 Å². The SMILES string of the molecule is CC(C)(C)OC(=O)NNC[C@@H]1C[C@H](O)CCO1. The summed E-state index contributed by atoms with van der Waals surface area (Å²) in [6.45, 7) is 6.41. The largest absolute Gasteiger partial charge is 0.443 e. The minimum Gasteiger partial charge on any atom is -0.443 e. The second kappa shape index (κ2) is 6.18. The Morgan fingerprint density at radius 1 is 1.53 bits per heavy atom. The smallest absolute Gasteiger partial charge is 0.422 e. The molecular weight excluding hydrogens is 224 g/mol. The Balaban J connectivity index is 2.13. The van der Waals surface area contributed by atoms with Crippen molar-refractivity contribution in [1.82, 2.24) is 10.9 Å². The van der Waals surface area contributed by atoms with E-state index in [4.69, 9.17) is 9.47 Å². The van der Waals surface area contributed by atoms with Crippen LogP contribution in [0, 0.1) is 0 Å². The number of carbonyl (C=O) groups excluding carboxylic acids is 1. The van der Waals surface area contributed by atoms with Crippen molar-refractivity contribution in [3.8, 4) is 0 Å². The lowest BCUT2D eigenvalue weighted by atomic mass is 10.1. The number of rotatable bonds is 3. The molecule has 0 unspecified atom stereocenters. The third-order valence-corrected chi connectivity index (χ3v) is 2.26. The highest BCUT2D eigenvalue weighted by Crippen LogP contribution is 2.12. The van der Waals surface area contributed by atoms with E-state index >= 15 is 0 Å². The summed E-state index contributed by atoms with van der Waals surface area (Å²) < 4.78 is 10.5. The minimum absolute atomic E-state index is 0.0753. The second-order valence-corrected chi connectivity index (χ2v) is 5.18. The van der Waals surface area contributed by atoms with Crippen LogP contribution in [0.5, 0.6) is 0 Å². The topological polar surface area (TPSA) is 79.8 Å². The number of nitrogens with one attached hydrogen (secondary N) is 2. The molecule has 1 rings (SSSR count). The monoisotopic (exact) mass is 246 g/mol. The van der Waals surface area contributed by atoms with E-state index < -0.39 is 11.7 Å². The molecule has 1 saturated heterocycles. The molecule has 6 nitrogen and oxygen atoms in total.